The molecule has 5 heteroatoms. The van der Waals surface area contributed by atoms with Crippen LogP contribution in [0, 0.1) is 5.41 Å². The lowest BCUT2D eigenvalue weighted by Gasteiger charge is -2.37. The molecular weight excluding hydrogens is 222 g/mol. The lowest BCUT2D eigenvalue weighted by Crippen LogP contribution is -2.50. The summed E-state index contributed by atoms with van der Waals surface area (Å²) in [7, 11) is 1.37. The highest BCUT2D eigenvalue weighted by atomic mass is 16.5. The Morgan fingerprint density at radius 1 is 1.41 bits per heavy atom. The predicted octanol–water partition coefficient (Wildman–Crippen LogP) is 1.12. The van der Waals surface area contributed by atoms with Gasteiger partial charge in [-0.25, -0.2) is 0 Å². The molecule has 0 aromatic carbocycles. The second kappa shape index (κ2) is 5.49. The first kappa shape index (κ1) is 14.0. The fourth-order valence-electron chi connectivity index (χ4n) is 2.16. The summed E-state index contributed by atoms with van der Waals surface area (Å²) in [5.74, 6) is -1.10. The molecule has 5 nitrogen and oxygen atoms in total. The summed E-state index contributed by atoms with van der Waals surface area (Å²) >= 11 is 0. The van der Waals surface area contributed by atoms with Gasteiger partial charge < -0.3 is 9.84 Å². The summed E-state index contributed by atoms with van der Waals surface area (Å²) in [5.41, 5.74) is -0.844. The molecule has 0 amide bonds. The van der Waals surface area contributed by atoms with Crippen LogP contribution < -0.4 is 0 Å². The Hall–Kier alpha value is -1.10. The van der Waals surface area contributed by atoms with Gasteiger partial charge in [-0.15, -0.1) is 0 Å². The van der Waals surface area contributed by atoms with Gasteiger partial charge in [0, 0.05) is 6.54 Å². The maximum Gasteiger partial charge on any atom is 0.323 e. The van der Waals surface area contributed by atoms with Crippen LogP contribution in [0.15, 0.2) is 0 Å². The van der Waals surface area contributed by atoms with Crippen LogP contribution in [0.2, 0.25) is 0 Å². The first-order chi connectivity index (χ1) is 7.88. The molecule has 1 heterocycles. The number of nitrogens with zero attached hydrogens (tertiary/aromatic N) is 1. The van der Waals surface area contributed by atoms with Gasteiger partial charge in [0.1, 0.15) is 6.04 Å². The third-order valence-corrected chi connectivity index (χ3v) is 3.26. The summed E-state index contributed by atoms with van der Waals surface area (Å²) in [4.78, 5) is 24.7. The van der Waals surface area contributed by atoms with Crippen molar-refractivity contribution in [2.24, 2.45) is 5.41 Å². The quantitative estimate of drug-likeness (QED) is 0.750. The minimum atomic E-state index is -0.844. The summed E-state index contributed by atoms with van der Waals surface area (Å²) in [6.07, 6.45) is 2.75. The van der Waals surface area contributed by atoms with Crippen LogP contribution >= 0.6 is 0 Å². The third kappa shape index (κ3) is 3.43. The molecule has 1 N–H and O–H groups in total. The topological polar surface area (TPSA) is 66.8 Å². The highest BCUT2D eigenvalue weighted by Crippen LogP contribution is 2.24. The number of hydrogen-bond donors (Lipinski definition) is 1. The van der Waals surface area contributed by atoms with Gasteiger partial charge in [0.2, 0.25) is 0 Å². The van der Waals surface area contributed by atoms with Crippen LogP contribution in [0.1, 0.15) is 33.1 Å². The van der Waals surface area contributed by atoms with Crippen molar-refractivity contribution in [2.45, 2.75) is 39.2 Å². The van der Waals surface area contributed by atoms with E-state index in [-0.39, 0.29) is 12.0 Å². The summed E-state index contributed by atoms with van der Waals surface area (Å²) in [6.45, 7) is 4.50. The first-order valence-electron chi connectivity index (χ1n) is 5.94. The SMILES string of the molecule is COC(=O)[C@H]1CCCCN1CC(C)(C)C(=O)O. The molecule has 1 atom stereocenters. The standard InChI is InChI=1S/C12H21NO4/c1-12(2,11(15)16)8-13-7-5-4-6-9(13)10(14)17-3/h9H,4-8H2,1-3H3,(H,15,16)/t9-/m1/s1. The highest BCUT2D eigenvalue weighted by molar-refractivity contribution is 5.76. The van der Waals surface area contributed by atoms with Gasteiger partial charge in [-0.3, -0.25) is 14.5 Å². The van der Waals surface area contributed by atoms with Crippen LogP contribution in [0.5, 0.6) is 0 Å². The molecule has 1 aliphatic heterocycles. The number of piperidine rings is 1. The number of carboxylic acids is 1. The maximum atomic E-state index is 11.6. The number of aliphatic carboxylic acids is 1. The van der Waals surface area contributed by atoms with Gasteiger partial charge in [-0.05, 0) is 33.2 Å². The van der Waals surface area contributed by atoms with Crippen LogP contribution in [0.25, 0.3) is 0 Å². The second-order valence-corrected chi connectivity index (χ2v) is 5.19. The predicted molar refractivity (Wildman–Crippen MR) is 62.6 cm³/mol. The van der Waals surface area contributed by atoms with E-state index in [9.17, 15) is 9.59 Å². The summed E-state index contributed by atoms with van der Waals surface area (Å²) < 4.78 is 4.77. The Morgan fingerprint density at radius 2 is 2.06 bits per heavy atom. The molecule has 0 saturated carbocycles. The number of likely N-dealkylation sites (tertiary alicyclic amines) is 1. The molecule has 0 unspecified atom stereocenters. The molecule has 1 fully saturated rings. The van der Waals surface area contributed by atoms with E-state index in [0.717, 1.165) is 25.8 Å². The fourth-order valence-corrected chi connectivity index (χ4v) is 2.16. The van der Waals surface area contributed by atoms with Gasteiger partial charge >= 0.3 is 11.9 Å². The Labute approximate surface area is 102 Å². The Morgan fingerprint density at radius 3 is 2.59 bits per heavy atom. The van der Waals surface area contributed by atoms with Crippen molar-refractivity contribution in [2.75, 3.05) is 20.2 Å². The number of carbonyl (C=O) groups is 2. The zero-order valence-electron chi connectivity index (χ0n) is 10.7. The number of hydrogen-bond acceptors (Lipinski definition) is 4. The average molecular weight is 243 g/mol. The lowest BCUT2D eigenvalue weighted by molar-refractivity contribution is -0.154. The molecule has 0 bridgehead atoms. The van der Waals surface area contributed by atoms with Crippen molar-refractivity contribution in [1.29, 1.82) is 0 Å². The minimum Gasteiger partial charge on any atom is -0.481 e. The molecular formula is C12H21NO4. The molecule has 98 valence electrons. The second-order valence-electron chi connectivity index (χ2n) is 5.19. The van der Waals surface area contributed by atoms with Gasteiger partial charge in [0.05, 0.1) is 12.5 Å². The Balaban J connectivity index is 2.72. The van der Waals surface area contributed by atoms with Gasteiger partial charge in [0.15, 0.2) is 0 Å². The normalized spacial score (nSPS) is 22.2. The van der Waals surface area contributed by atoms with E-state index in [1.807, 2.05) is 4.90 Å². The number of ether oxygens (including phenoxy) is 1. The summed E-state index contributed by atoms with van der Waals surface area (Å²) in [5, 5.41) is 9.11. The van der Waals surface area contributed by atoms with Crippen LogP contribution in [-0.4, -0.2) is 48.2 Å². The van der Waals surface area contributed by atoms with E-state index in [0.29, 0.717) is 6.54 Å². The molecule has 0 aliphatic carbocycles. The highest BCUT2D eigenvalue weighted by Gasteiger charge is 2.36. The molecule has 1 saturated heterocycles. The van der Waals surface area contributed by atoms with Crippen molar-refractivity contribution in [3.05, 3.63) is 0 Å². The largest absolute Gasteiger partial charge is 0.481 e. The monoisotopic (exact) mass is 243 g/mol. The Kier molecular flexibility index (Phi) is 4.51. The molecule has 0 spiro atoms. The van der Waals surface area contributed by atoms with E-state index < -0.39 is 11.4 Å². The summed E-state index contributed by atoms with van der Waals surface area (Å²) in [6, 6.07) is -0.285. The van der Waals surface area contributed by atoms with Crippen molar-refractivity contribution in [1.82, 2.24) is 4.90 Å². The molecule has 1 aliphatic rings. The van der Waals surface area contributed by atoms with Crippen molar-refractivity contribution >= 4 is 11.9 Å². The van der Waals surface area contributed by atoms with Crippen LogP contribution in [0.3, 0.4) is 0 Å². The molecule has 0 radical (unpaired) electrons. The average Bonchev–Trinajstić information content (AvgIpc) is 2.28. The molecule has 1 rings (SSSR count). The molecule has 17 heavy (non-hydrogen) atoms. The molecule has 0 aromatic rings. The van der Waals surface area contributed by atoms with Crippen LogP contribution in [0.4, 0.5) is 0 Å². The fraction of sp³-hybridized carbons (Fsp3) is 0.833. The van der Waals surface area contributed by atoms with Crippen molar-refractivity contribution in [3.8, 4) is 0 Å². The zero-order chi connectivity index (χ0) is 13.1. The number of methoxy groups -OCH3 is 1. The smallest absolute Gasteiger partial charge is 0.323 e. The molecule has 0 aromatic heterocycles. The number of rotatable bonds is 4. The van der Waals surface area contributed by atoms with E-state index in [1.165, 1.54) is 7.11 Å². The number of carbonyl (C=O) groups excluding carboxylic acids is 1. The van der Waals surface area contributed by atoms with E-state index in [1.54, 1.807) is 13.8 Å². The number of esters is 1. The minimum absolute atomic E-state index is 0.258. The van der Waals surface area contributed by atoms with E-state index in [4.69, 9.17) is 9.84 Å². The maximum absolute atomic E-state index is 11.6. The Bertz CT molecular complexity index is 301. The van der Waals surface area contributed by atoms with Crippen molar-refractivity contribution in [3.63, 3.8) is 0 Å². The van der Waals surface area contributed by atoms with E-state index >= 15 is 0 Å². The lowest BCUT2D eigenvalue weighted by atomic mass is 9.90. The number of carboxylic acid groups (broad SMARTS) is 1. The zero-order valence-corrected chi connectivity index (χ0v) is 10.7. The van der Waals surface area contributed by atoms with Gasteiger partial charge in [-0.1, -0.05) is 6.42 Å². The van der Waals surface area contributed by atoms with Crippen LogP contribution in [-0.2, 0) is 14.3 Å². The van der Waals surface area contributed by atoms with Crippen molar-refractivity contribution < 1.29 is 19.4 Å². The van der Waals surface area contributed by atoms with E-state index in [2.05, 4.69) is 0 Å². The third-order valence-electron chi connectivity index (χ3n) is 3.26. The van der Waals surface area contributed by atoms with Gasteiger partial charge in [-0.2, -0.15) is 0 Å². The van der Waals surface area contributed by atoms with Gasteiger partial charge in [0.25, 0.3) is 0 Å². The first-order valence-corrected chi connectivity index (χ1v) is 5.94.